The number of hydrogen-bond acceptors (Lipinski definition) is 0. The van der Waals surface area contributed by atoms with Gasteiger partial charge in [0, 0.05) is 0 Å². The fourth-order valence-electron chi connectivity index (χ4n) is 0. The standard InChI is InChI=1S/CHF2.Sn/c2-1-3;/h1H;. The molecule has 0 saturated heterocycles. The maximum absolute atomic E-state index is 10.4. The summed E-state index contributed by atoms with van der Waals surface area (Å²) in [7, 11) is 0. The van der Waals surface area contributed by atoms with Crippen molar-refractivity contribution >= 4 is 22.5 Å². The van der Waals surface area contributed by atoms with Gasteiger partial charge in [-0.1, -0.05) is 0 Å². The molecule has 0 nitrogen and oxygen atoms in total. The average molecular weight is 170 g/mol. The molecule has 0 rings (SSSR count). The predicted molar refractivity (Wildman–Crippen MR) is 11.8 cm³/mol. The van der Waals surface area contributed by atoms with Gasteiger partial charge in [-0.3, -0.25) is 0 Å². The third kappa shape index (κ3) is 16.9. The van der Waals surface area contributed by atoms with Crippen LogP contribution in [0, 0.1) is 0 Å². The Morgan fingerprint density at radius 1 is 1.50 bits per heavy atom. The van der Waals surface area contributed by atoms with Crippen molar-refractivity contribution in [3.05, 3.63) is 0 Å². The third-order valence-electron chi connectivity index (χ3n) is 0. The summed E-state index contributed by atoms with van der Waals surface area (Å²) in [6, 6.07) is 0. The van der Waals surface area contributed by atoms with Crippen LogP contribution in [0.5, 0.6) is 0 Å². The van der Waals surface area contributed by atoms with Gasteiger partial charge in [0.25, 0.3) is 0 Å². The molecular weight excluding hydrogens is 169 g/mol. The molecular formula is CHF2Sn. The molecule has 0 aromatic rings. The molecule has 0 aliphatic heterocycles. The molecule has 0 heterocycles. The van der Waals surface area contributed by atoms with Gasteiger partial charge in [0.1, 0.15) is 0 Å². The van der Waals surface area contributed by atoms with Crippen LogP contribution in [0.3, 0.4) is 0 Å². The first-order valence-electron chi connectivity index (χ1n) is 0.725. The Hall–Kier alpha value is 0.659. The molecule has 0 aliphatic carbocycles. The zero-order valence-electron chi connectivity index (χ0n) is 1.83. The molecule has 0 fully saturated rings. The van der Waals surface area contributed by atoms with Gasteiger partial charge in [-0.15, -0.1) is 0 Å². The molecule has 0 spiro atoms. The molecule has 3 heteroatoms. The summed E-state index contributed by atoms with van der Waals surface area (Å²) in [5.41, 5.74) is 0. The Balaban J connectivity index is 2.32. The summed E-state index contributed by atoms with van der Waals surface area (Å²) in [6.45, 7) is 0. The Morgan fingerprint density at radius 3 is 1.50 bits per heavy atom. The zero-order chi connectivity index (χ0) is 3.58. The summed E-state index contributed by atoms with van der Waals surface area (Å²) >= 11 is 0.303. The zero-order valence-corrected chi connectivity index (χ0v) is 4.69. The second-order valence-corrected chi connectivity index (χ2v) is 1.55. The molecule has 0 aromatic heterocycles. The van der Waals surface area contributed by atoms with Crippen molar-refractivity contribution in [3.63, 3.8) is 0 Å². The van der Waals surface area contributed by atoms with Crippen molar-refractivity contribution in [2.45, 2.75) is 4.44 Å². The van der Waals surface area contributed by atoms with Crippen molar-refractivity contribution < 1.29 is 8.78 Å². The Labute approximate surface area is 36.3 Å². The molecule has 0 amide bonds. The Kier molecular flexibility index (Phi) is 2.25. The van der Waals surface area contributed by atoms with Crippen LogP contribution in [-0.2, 0) is 0 Å². The molecule has 23 valence electrons. The normalized spacial score (nSPS) is 9.00. The molecule has 0 saturated carbocycles. The quantitative estimate of drug-likeness (QED) is 0.460. The summed E-state index contributed by atoms with van der Waals surface area (Å²) < 4.78 is 18.7. The minimum absolute atomic E-state index is 0.303. The minimum atomic E-state index is -2.08. The van der Waals surface area contributed by atoms with Crippen LogP contribution in [0.15, 0.2) is 0 Å². The predicted octanol–water partition coefficient (Wildman–Crippen LogP) is 0.377. The number of halogens is 2. The van der Waals surface area contributed by atoms with Crippen LogP contribution in [0.25, 0.3) is 0 Å². The first-order valence-corrected chi connectivity index (χ1v) is 2.37. The number of rotatable bonds is 0. The molecule has 4 heavy (non-hydrogen) atoms. The van der Waals surface area contributed by atoms with Gasteiger partial charge in [0.05, 0.1) is 0 Å². The topological polar surface area (TPSA) is 0 Å². The molecule has 0 unspecified atom stereocenters. The first-order chi connectivity index (χ1) is 1.73. The molecule has 0 atom stereocenters. The van der Waals surface area contributed by atoms with E-state index in [-0.39, 0.29) is 0 Å². The van der Waals surface area contributed by atoms with E-state index in [1.54, 1.807) is 0 Å². The van der Waals surface area contributed by atoms with E-state index in [1.807, 2.05) is 0 Å². The van der Waals surface area contributed by atoms with Crippen molar-refractivity contribution in [1.29, 1.82) is 0 Å². The van der Waals surface area contributed by atoms with Crippen LogP contribution in [-0.4, -0.2) is 27.0 Å². The molecule has 0 bridgehead atoms. The van der Waals surface area contributed by atoms with Crippen LogP contribution in [0.1, 0.15) is 0 Å². The SMILES string of the molecule is F[CH](F)[Sn]. The van der Waals surface area contributed by atoms with Crippen molar-refractivity contribution in [2.24, 2.45) is 0 Å². The van der Waals surface area contributed by atoms with E-state index in [1.165, 1.54) is 0 Å². The van der Waals surface area contributed by atoms with E-state index in [9.17, 15) is 8.78 Å². The summed E-state index contributed by atoms with van der Waals surface area (Å²) in [4.78, 5) is 0. The van der Waals surface area contributed by atoms with Gasteiger partial charge in [-0.25, -0.2) is 0 Å². The summed E-state index contributed by atoms with van der Waals surface area (Å²) in [5.74, 6) is 0. The van der Waals surface area contributed by atoms with Crippen LogP contribution >= 0.6 is 0 Å². The third-order valence-corrected chi connectivity index (χ3v) is 0. The van der Waals surface area contributed by atoms with E-state index in [0.717, 1.165) is 0 Å². The van der Waals surface area contributed by atoms with Crippen molar-refractivity contribution in [1.82, 2.24) is 0 Å². The van der Waals surface area contributed by atoms with E-state index in [4.69, 9.17) is 0 Å². The molecule has 0 aliphatic rings. The van der Waals surface area contributed by atoms with Gasteiger partial charge < -0.3 is 0 Å². The van der Waals surface area contributed by atoms with Crippen LogP contribution in [0.2, 0.25) is 0 Å². The van der Waals surface area contributed by atoms with E-state index < -0.39 is 4.44 Å². The fraction of sp³-hybridized carbons (Fsp3) is 1.00. The Bertz CT molecular complexity index is 10.8. The van der Waals surface area contributed by atoms with E-state index >= 15 is 0 Å². The van der Waals surface area contributed by atoms with E-state index in [0.29, 0.717) is 22.5 Å². The second kappa shape index (κ2) is 1.93. The van der Waals surface area contributed by atoms with Gasteiger partial charge in [0.15, 0.2) is 0 Å². The van der Waals surface area contributed by atoms with Crippen LogP contribution < -0.4 is 0 Å². The number of alkyl halides is 2. The van der Waals surface area contributed by atoms with Gasteiger partial charge in [-0.2, -0.15) is 0 Å². The molecule has 3 radical (unpaired) electrons. The number of hydrogen-bond donors (Lipinski definition) is 0. The fourth-order valence-corrected chi connectivity index (χ4v) is 0. The van der Waals surface area contributed by atoms with Crippen LogP contribution in [0.4, 0.5) is 8.78 Å². The Morgan fingerprint density at radius 2 is 1.50 bits per heavy atom. The monoisotopic (exact) mass is 171 g/mol. The second-order valence-electron chi connectivity index (χ2n) is 0.301. The van der Waals surface area contributed by atoms with Gasteiger partial charge in [0.2, 0.25) is 0 Å². The van der Waals surface area contributed by atoms with E-state index in [2.05, 4.69) is 0 Å². The first kappa shape index (κ1) is 4.66. The molecule has 0 N–H and O–H groups in total. The molecule has 0 aromatic carbocycles. The van der Waals surface area contributed by atoms with Gasteiger partial charge in [-0.05, 0) is 0 Å². The summed E-state index contributed by atoms with van der Waals surface area (Å²) in [6.07, 6.45) is 0. The van der Waals surface area contributed by atoms with Gasteiger partial charge >= 0.3 is 35.7 Å². The van der Waals surface area contributed by atoms with Crippen molar-refractivity contribution in [3.8, 4) is 0 Å². The maximum atomic E-state index is 10.4. The average Bonchev–Trinajstić information content (AvgIpc) is 0.811. The van der Waals surface area contributed by atoms with Crippen molar-refractivity contribution in [2.75, 3.05) is 0 Å². The summed E-state index contributed by atoms with van der Waals surface area (Å²) in [5, 5.41) is 0.